The van der Waals surface area contributed by atoms with Crippen molar-refractivity contribution in [3.05, 3.63) is 36.0 Å². The van der Waals surface area contributed by atoms with Crippen molar-refractivity contribution in [2.24, 2.45) is 0 Å². The Morgan fingerprint density at radius 2 is 2.04 bits per heavy atom. The Hall–Kier alpha value is -2.33. The maximum Gasteiger partial charge on any atom is 0.387 e. The van der Waals surface area contributed by atoms with Gasteiger partial charge in [0, 0.05) is 38.2 Å². The van der Waals surface area contributed by atoms with Crippen molar-refractivity contribution >= 4 is 26.8 Å². The van der Waals surface area contributed by atoms with Crippen molar-refractivity contribution in [1.82, 2.24) is 14.6 Å². The van der Waals surface area contributed by atoms with Gasteiger partial charge in [0.15, 0.2) is 0 Å². The molecule has 1 aromatic carbocycles. The number of carbonyl (C=O) groups excluding carboxylic acids is 1. The maximum absolute atomic E-state index is 12.4. The van der Waals surface area contributed by atoms with Gasteiger partial charge >= 0.3 is 6.61 Å². The molecule has 1 amide bonds. The molecule has 0 aliphatic carbocycles. The molecule has 1 aliphatic rings. The maximum atomic E-state index is 12.4. The minimum absolute atomic E-state index is 0. The fourth-order valence-electron chi connectivity index (χ4n) is 3.00. The van der Waals surface area contributed by atoms with E-state index >= 15 is 0 Å². The first-order valence-electron chi connectivity index (χ1n) is 8.33. The standard InChI is InChI=1S/C17H19F2N3O4S.H2/c1-27(24,25)22-6-4-13(5-7-22)21-16(23)12-8-11-2-3-14(26-17(18)19)9-15(11)20-10-12;/h2-3,8-10,13,17H,4-7H2,1H3,(H,21,23);1H. The molecule has 1 aliphatic heterocycles. The number of sulfonamides is 1. The van der Waals surface area contributed by atoms with Crippen molar-refractivity contribution < 1.29 is 28.2 Å². The fourth-order valence-corrected chi connectivity index (χ4v) is 3.88. The highest BCUT2D eigenvalue weighted by Gasteiger charge is 2.26. The monoisotopic (exact) mass is 401 g/mol. The molecule has 0 saturated carbocycles. The number of carbonyl (C=O) groups is 1. The molecule has 1 N–H and O–H groups in total. The van der Waals surface area contributed by atoms with Crippen molar-refractivity contribution in [2.45, 2.75) is 25.5 Å². The molecule has 27 heavy (non-hydrogen) atoms. The molecule has 1 aromatic heterocycles. The van der Waals surface area contributed by atoms with Crippen molar-refractivity contribution in [3.63, 3.8) is 0 Å². The number of rotatable bonds is 5. The van der Waals surface area contributed by atoms with Gasteiger partial charge in [0.1, 0.15) is 5.75 Å². The number of alkyl halides is 2. The van der Waals surface area contributed by atoms with Gasteiger partial charge in [0.25, 0.3) is 5.91 Å². The summed E-state index contributed by atoms with van der Waals surface area (Å²) in [4.78, 5) is 16.6. The third-order valence-electron chi connectivity index (χ3n) is 4.40. The molecule has 0 spiro atoms. The molecular weight excluding hydrogens is 380 g/mol. The summed E-state index contributed by atoms with van der Waals surface area (Å²) in [5.74, 6) is -0.310. The molecule has 1 saturated heterocycles. The number of aromatic nitrogens is 1. The predicted octanol–water partition coefficient (Wildman–Crippen LogP) is 2.24. The summed E-state index contributed by atoms with van der Waals surface area (Å²) in [6, 6.07) is 5.83. The molecule has 0 bridgehead atoms. The Bertz CT molecular complexity index is 951. The number of ether oxygens (including phenoxy) is 1. The Balaban J connectivity index is 0.00000280. The van der Waals surface area contributed by atoms with Crippen LogP contribution in [0.1, 0.15) is 24.6 Å². The summed E-state index contributed by atoms with van der Waals surface area (Å²) >= 11 is 0. The van der Waals surface area contributed by atoms with Gasteiger partial charge < -0.3 is 10.1 Å². The lowest BCUT2D eigenvalue weighted by Crippen LogP contribution is -2.46. The van der Waals surface area contributed by atoms with Gasteiger partial charge in [-0.3, -0.25) is 9.78 Å². The van der Waals surface area contributed by atoms with E-state index in [1.54, 1.807) is 12.1 Å². The van der Waals surface area contributed by atoms with Crippen molar-refractivity contribution in [2.75, 3.05) is 19.3 Å². The van der Waals surface area contributed by atoms with Gasteiger partial charge in [0.05, 0.1) is 17.3 Å². The molecule has 3 rings (SSSR count). The average Bonchev–Trinajstić information content (AvgIpc) is 2.60. The van der Waals surface area contributed by atoms with Crippen LogP contribution in [0.25, 0.3) is 10.9 Å². The molecule has 7 nitrogen and oxygen atoms in total. The summed E-state index contributed by atoms with van der Waals surface area (Å²) in [6.07, 6.45) is 3.61. The minimum atomic E-state index is -3.21. The van der Waals surface area contributed by atoms with Gasteiger partial charge in [-0.15, -0.1) is 0 Å². The second kappa shape index (κ2) is 7.73. The van der Waals surface area contributed by atoms with Crippen LogP contribution in [0.3, 0.4) is 0 Å². The number of nitrogens with zero attached hydrogens (tertiary/aromatic N) is 2. The topological polar surface area (TPSA) is 88.6 Å². The lowest BCUT2D eigenvalue weighted by molar-refractivity contribution is -0.0497. The second-order valence-corrected chi connectivity index (χ2v) is 8.35. The van der Waals surface area contributed by atoms with Gasteiger partial charge in [-0.1, -0.05) is 0 Å². The first-order valence-corrected chi connectivity index (χ1v) is 10.2. The Kier molecular flexibility index (Phi) is 5.56. The van der Waals surface area contributed by atoms with Gasteiger partial charge in [-0.2, -0.15) is 8.78 Å². The lowest BCUT2D eigenvalue weighted by atomic mass is 10.1. The molecule has 1 fully saturated rings. The minimum Gasteiger partial charge on any atom is -0.435 e. The second-order valence-electron chi connectivity index (χ2n) is 6.37. The highest BCUT2D eigenvalue weighted by atomic mass is 32.2. The Morgan fingerprint density at radius 1 is 1.33 bits per heavy atom. The largest absolute Gasteiger partial charge is 0.435 e. The van der Waals surface area contributed by atoms with Gasteiger partial charge in [-0.05, 0) is 31.0 Å². The zero-order chi connectivity index (χ0) is 19.6. The van der Waals surface area contributed by atoms with Crippen LogP contribution >= 0.6 is 0 Å². The molecule has 2 heterocycles. The van der Waals surface area contributed by atoms with E-state index in [0.29, 0.717) is 42.4 Å². The smallest absolute Gasteiger partial charge is 0.387 e. The van der Waals surface area contributed by atoms with E-state index in [9.17, 15) is 22.0 Å². The van der Waals surface area contributed by atoms with E-state index in [1.807, 2.05) is 0 Å². The molecule has 2 aromatic rings. The van der Waals surface area contributed by atoms with E-state index in [-0.39, 0.29) is 19.1 Å². The number of amides is 1. The predicted molar refractivity (Wildman–Crippen MR) is 97.4 cm³/mol. The molecule has 0 unspecified atom stereocenters. The normalized spacial score (nSPS) is 16.6. The highest BCUT2D eigenvalue weighted by Crippen LogP contribution is 2.22. The molecule has 0 radical (unpaired) electrons. The molecule has 10 heteroatoms. The van der Waals surface area contributed by atoms with Gasteiger partial charge in [0.2, 0.25) is 10.0 Å². The Labute approximate surface area is 156 Å². The SMILES string of the molecule is CS(=O)(=O)N1CCC(NC(=O)c2cnc3cc(OC(F)F)ccc3c2)CC1.[HH]. The van der Waals surface area contributed by atoms with Crippen LogP contribution < -0.4 is 10.1 Å². The first kappa shape index (κ1) is 19.4. The fraction of sp³-hybridized carbons (Fsp3) is 0.412. The zero-order valence-corrected chi connectivity index (χ0v) is 15.4. The van der Waals surface area contributed by atoms with E-state index in [2.05, 4.69) is 15.0 Å². The number of hydrogen-bond acceptors (Lipinski definition) is 5. The summed E-state index contributed by atoms with van der Waals surface area (Å²) in [6.45, 7) is -2.18. The molecular formula is C17H21F2N3O4S. The van der Waals surface area contributed by atoms with E-state index < -0.39 is 16.6 Å². The zero-order valence-electron chi connectivity index (χ0n) is 14.6. The number of benzene rings is 1. The number of piperidine rings is 1. The number of nitrogens with one attached hydrogen (secondary N) is 1. The first-order chi connectivity index (χ1) is 12.7. The number of pyridine rings is 1. The summed E-state index contributed by atoms with van der Waals surface area (Å²) < 4.78 is 53.3. The van der Waals surface area contributed by atoms with Crippen LogP contribution in [0.5, 0.6) is 5.75 Å². The average molecular weight is 401 g/mol. The third-order valence-corrected chi connectivity index (χ3v) is 5.70. The number of hydrogen-bond donors (Lipinski definition) is 1. The van der Waals surface area contributed by atoms with Crippen LogP contribution in [0.15, 0.2) is 30.5 Å². The summed E-state index contributed by atoms with van der Waals surface area (Å²) in [5, 5.41) is 3.51. The number of fused-ring (bicyclic) bond motifs is 1. The van der Waals surface area contributed by atoms with Crippen LogP contribution in [-0.2, 0) is 10.0 Å². The summed E-state index contributed by atoms with van der Waals surface area (Å²) in [7, 11) is -3.21. The quantitative estimate of drug-likeness (QED) is 0.830. The molecule has 148 valence electrons. The highest BCUT2D eigenvalue weighted by molar-refractivity contribution is 7.88. The summed E-state index contributed by atoms with van der Waals surface area (Å²) in [5.41, 5.74) is 0.779. The molecule has 0 atom stereocenters. The van der Waals surface area contributed by atoms with Crippen LogP contribution in [0.2, 0.25) is 0 Å². The van der Waals surface area contributed by atoms with E-state index in [4.69, 9.17) is 0 Å². The van der Waals surface area contributed by atoms with Crippen LogP contribution in [0, 0.1) is 0 Å². The van der Waals surface area contributed by atoms with Crippen LogP contribution in [-0.4, -0.2) is 55.6 Å². The number of halogens is 2. The van der Waals surface area contributed by atoms with Crippen LogP contribution in [0.4, 0.5) is 8.78 Å². The third kappa shape index (κ3) is 4.89. The lowest BCUT2D eigenvalue weighted by Gasteiger charge is -2.30. The van der Waals surface area contributed by atoms with E-state index in [0.717, 1.165) is 0 Å². The van der Waals surface area contributed by atoms with Gasteiger partial charge in [-0.25, -0.2) is 12.7 Å². The Morgan fingerprint density at radius 3 is 2.67 bits per heavy atom. The van der Waals surface area contributed by atoms with Crippen molar-refractivity contribution in [1.29, 1.82) is 0 Å². The van der Waals surface area contributed by atoms with E-state index in [1.165, 1.54) is 28.9 Å². The van der Waals surface area contributed by atoms with Crippen molar-refractivity contribution in [3.8, 4) is 5.75 Å².